The van der Waals surface area contributed by atoms with Crippen LogP contribution in [0.5, 0.6) is 0 Å². The van der Waals surface area contributed by atoms with Gasteiger partial charge in [0.25, 0.3) is 5.91 Å². The van der Waals surface area contributed by atoms with Crippen LogP contribution in [-0.2, 0) is 7.05 Å². The largest absolute Gasteiger partial charge is 0.349 e. The quantitative estimate of drug-likeness (QED) is 0.862. The second-order valence-corrected chi connectivity index (χ2v) is 4.84. The normalized spacial score (nSPS) is 12.7. The Morgan fingerprint density at radius 2 is 2.17 bits per heavy atom. The van der Waals surface area contributed by atoms with Crippen molar-refractivity contribution in [2.24, 2.45) is 12.8 Å². The number of aryl methyl sites for hydroxylation is 2. The van der Waals surface area contributed by atoms with Crippen molar-refractivity contribution in [3.63, 3.8) is 0 Å². The third-order valence-electron chi connectivity index (χ3n) is 3.02. The van der Waals surface area contributed by atoms with Crippen LogP contribution in [0.2, 0.25) is 0 Å². The van der Waals surface area contributed by atoms with Crippen molar-refractivity contribution in [2.45, 2.75) is 19.9 Å². The maximum absolute atomic E-state index is 12.0. The van der Waals surface area contributed by atoms with Gasteiger partial charge in [-0.1, -0.05) is 12.1 Å². The van der Waals surface area contributed by atoms with Crippen LogP contribution in [0.1, 0.15) is 23.0 Å². The van der Waals surface area contributed by atoms with E-state index in [1.807, 2.05) is 43.7 Å². The molecule has 2 aromatic rings. The highest BCUT2D eigenvalue weighted by Gasteiger charge is 2.13. The van der Waals surface area contributed by atoms with Crippen molar-refractivity contribution >= 4 is 16.8 Å². The van der Waals surface area contributed by atoms with Gasteiger partial charge in [-0.2, -0.15) is 0 Å². The maximum atomic E-state index is 12.0. The standard InChI is InChI=1S/C14H19N3O/c1-9-4-5-11-7-13(17(3)12(11)6-9)14(18)16-8-10(2)15/h4-7,10H,8,15H2,1-3H3,(H,16,18). The zero-order chi connectivity index (χ0) is 13.3. The summed E-state index contributed by atoms with van der Waals surface area (Å²) in [7, 11) is 1.91. The highest BCUT2D eigenvalue weighted by molar-refractivity contribution is 5.98. The van der Waals surface area contributed by atoms with Gasteiger partial charge in [-0.05, 0) is 31.5 Å². The molecule has 4 heteroatoms. The van der Waals surface area contributed by atoms with Crippen molar-refractivity contribution < 1.29 is 4.79 Å². The first-order chi connectivity index (χ1) is 8.49. The molecule has 0 radical (unpaired) electrons. The number of fused-ring (bicyclic) bond motifs is 1. The van der Waals surface area contributed by atoms with E-state index in [0.717, 1.165) is 10.9 Å². The molecule has 1 heterocycles. The lowest BCUT2D eigenvalue weighted by molar-refractivity contribution is 0.0944. The van der Waals surface area contributed by atoms with Gasteiger partial charge >= 0.3 is 0 Å². The maximum Gasteiger partial charge on any atom is 0.267 e. The lowest BCUT2D eigenvalue weighted by Gasteiger charge is -2.08. The Bertz CT molecular complexity index is 584. The van der Waals surface area contributed by atoms with E-state index in [2.05, 4.69) is 11.4 Å². The van der Waals surface area contributed by atoms with Gasteiger partial charge in [0, 0.05) is 30.5 Å². The summed E-state index contributed by atoms with van der Waals surface area (Å²) in [4.78, 5) is 12.0. The monoisotopic (exact) mass is 245 g/mol. The fraction of sp³-hybridized carbons (Fsp3) is 0.357. The highest BCUT2D eigenvalue weighted by Crippen LogP contribution is 2.19. The predicted octanol–water partition coefficient (Wildman–Crippen LogP) is 1.56. The van der Waals surface area contributed by atoms with E-state index in [4.69, 9.17) is 5.73 Å². The van der Waals surface area contributed by atoms with E-state index in [0.29, 0.717) is 12.2 Å². The molecule has 3 N–H and O–H groups in total. The highest BCUT2D eigenvalue weighted by atomic mass is 16.1. The Morgan fingerprint density at radius 3 is 2.83 bits per heavy atom. The smallest absolute Gasteiger partial charge is 0.267 e. The molecule has 0 fully saturated rings. The summed E-state index contributed by atoms with van der Waals surface area (Å²) in [5.74, 6) is -0.0800. The number of benzene rings is 1. The number of rotatable bonds is 3. The van der Waals surface area contributed by atoms with Gasteiger partial charge in [0.05, 0.1) is 0 Å². The Hall–Kier alpha value is -1.81. The molecule has 96 valence electrons. The fourth-order valence-electron chi connectivity index (χ4n) is 2.00. The number of hydrogen-bond acceptors (Lipinski definition) is 2. The minimum absolute atomic E-state index is 0.0362. The van der Waals surface area contributed by atoms with Crippen LogP contribution in [0.4, 0.5) is 0 Å². The van der Waals surface area contributed by atoms with Crippen molar-refractivity contribution in [3.05, 3.63) is 35.5 Å². The van der Waals surface area contributed by atoms with Crippen LogP contribution in [-0.4, -0.2) is 23.1 Å². The third-order valence-corrected chi connectivity index (χ3v) is 3.02. The van der Waals surface area contributed by atoms with Crippen LogP contribution in [0.15, 0.2) is 24.3 Å². The van der Waals surface area contributed by atoms with E-state index in [9.17, 15) is 4.79 Å². The first-order valence-electron chi connectivity index (χ1n) is 6.09. The zero-order valence-corrected chi connectivity index (χ0v) is 11.0. The number of carbonyl (C=O) groups is 1. The molecule has 1 unspecified atom stereocenters. The number of nitrogens with one attached hydrogen (secondary N) is 1. The molecule has 1 aromatic heterocycles. The average molecular weight is 245 g/mol. The molecule has 0 bridgehead atoms. The number of carbonyl (C=O) groups excluding carboxylic acids is 1. The minimum atomic E-state index is -0.0800. The molecule has 4 nitrogen and oxygen atoms in total. The number of aromatic nitrogens is 1. The van der Waals surface area contributed by atoms with E-state index < -0.39 is 0 Å². The number of hydrogen-bond donors (Lipinski definition) is 2. The summed E-state index contributed by atoms with van der Waals surface area (Å²) in [6.07, 6.45) is 0. The summed E-state index contributed by atoms with van der Waals surface area (Å²) in [5, 5.41) is 3.91. The van der Waals surface area contributed by atoms with E-state index in [-0.39, 0.29) is 11.9 Å². The summed E-state index contributed by atoms with van der Waals surface area (Å²) >= 11 is 0. The molecule has 1 amide bonds. The number of amides is 1. The number of nitrogens with zero attached hydrogens (tertiary/aromatic N) is 1. The summed E-state index contributed by atoms with van der Waals surface area (Å²) in [6, 6.07) is 8.04. The second kappa shape index (κ2) is 4.82. The molecular weight excluding hydrogens is 226 g/mol. The Morgan fingerprint density at radius 1 is 1.44 bits per heavy atom. The molecule has 0 saturated carbocycles. The van der Waals surface area contributed by atoms with Crippen molar-refractivity contribution in [1.82, 2.24) is 9.88 Å². The Balaban J connectivity index is 2.34. The molecule has 0 spiro atoms. The predicted molar refractivity (Wildman–Crippen MR) is 73.6 cm³/mol. The van der Waals surface area contributed by atoms with Gasteiger partial charge in [-0.15, -0.1) is 0 Å². The van der Waals surface area contributed by atoms with Gasteiger partial charge in [0.15, 0.2) is 0 Å². The molecule has 2 rings (SSSR count). The SMILES string of the molecule is Cc1ccc2cc(C(=O)NCC(C)N)n(C)c2c1. The van der Waals surface area contributed by atoms with Gasteiger partial charge in [-0.3, -0.25) is 4.79 Å². The van der Waals surface area contributed by atoms with Crippen LogP contribution >= 0.6 is 0 Å². The van der Waals surface area contributed by atoms with Gasteiger partial charge in [-0.25, -0.2) is 0 Å². The van der Waals surface area contributed by atoms with Crippen molar-refractivity contribution in [1.29, 1.82) is 0 Å². The molecule has 0 aliphatic heterocycles. The van der Waals surface area contributed by atoms with Crippen LogP contribution in [0.3, 0.4) is 0 Å². The molecule has 0 aliphatic rings. The van der Waals surface area contributed by atoms with Crippen molar-refractivity contribution in [3.8, 4) is 0 Å². The zero-order valence-electron chi connectivity index (χ0n) is 11.0. The van der Waals surface area contributed by atoms with Crippen LogP contribution in [0.25, 0.3) is 10.9 Å². The van der Waals surface area contributed by atoms with Gasteiger partial charge < -0.3 is 15.6 Å². The Kier molecular flexibility index (Phi) is 3.39. The lowest BCUT2D eigenvalue weighted by atomic mass is 10.2. The molecule has 0 aliphatic carbocycles. The van der Waals surface area contributed by atoms with Crippen molar-refractivity contribution in [2.75, 3.05) is 6.54 Å². The molecule has 0 saturated heterocycles. The summed E-state index contributed by atoms with van der Waals surface area (Å²) < 4.78 is 1.92. The summed E-state index contributed by atoms with van der Waals surface area (Å²) in [6.45, 7) is 4.40. The second-order valence-electron chi connectivity index (χ2n) is 4.84. The first-order valence-corrected chi connectivity index (χ1v) is 6.09. The van der Waals surface area contributed by atoms with Gasteiger partial charge in [0.2, 0.25) is 0 Å². The van der Waals surface area contributed by atoms with E-state index >= 15 is 0 Å². The minimum Gasteiger partial charge on any atom is -0.349 e. The first kappa shape index (κ1) is 12.6. The Labute approximate surface area is 107 Å². The molecule has 18 heavy (non-hydrogen) atoms. The van der Waals surface area contributed by atoms with Crippen LogP contribution < -0.4 is 11.1 Å². The van der Waals surface area contributed by atoms with Crippen LogP contribution in [0, 0.1) is 6.92 Å². The fourth-order valence-corrected chi connectivity index (χ4v) is 2.00. The molecule has 1 aromatic carbocycles. The van der Waals surface area contributed by atoms with Gasteiger partial charge in [0.1, 0.15) is 5.69 Å². The third kappa shape index (κ3) is 2.38. The molecular formula is C14H19N3O. The lowest BCUT2D eigenvalue weighted by Crippen LogP contribution is -2.35. The summed E-state index contributed by atoms with van der Waals surface area (Å²) in [5.41, 5.74) is 8.55. The van der Waals surface area contributed by atoms with E-state index in [1.54, 1.807) is 0 Å². The molecule has 1 atom stereocenters. The number of nitrogens with two attached hydrogens (primary N) is 1. The topological polar surface area (TPSA) is 60.1 Å². The average Bonchev–Trinajstić information content (AvgIpc) is 2.64. The van der Waals surface area contributed by atoms with E-state index in [1.165, 1.54) is 5.56 Å².